The molecule has 1 unspecified atom stereocenters. The van der Waals surface area contributed by atoms with Crippen LogP contribution in [0.1, 0.15) is 30.0 Å². The molecular weight excluding hydrogens is 463 g/mol. The number of hydrogen-bond donors (Lipinski definition) is 2. The van der Waals surface area contributed by atoms with E-state index >= 15 is 0 Å². The molecule has 30 heavy (non-hydrogen) atoms. The summed E-state index contributed by atoms with van der Waals surface area (Å²) in [5.74, 6) is -4.78. The van der Waals surface area contributed by atoms with E-state index in [-0.39, 0.29) is 14.9 Å². The van der Waals surface area contributed by atoms with Crippen LogP contribution >= 0.6 is 23.2 Å². The minimum absolute atomic E-state index is 0.0164. The lowest BCUT2D eigenvalue weighted by molar-refractivity contribution is -0.139. The zero-order valence-electron chi connectivity index (χ0n) is 15.4. The number of ether oxygens (including phenoxy) is 1. The van der Waals surface area contributed by atoms with Crippen LogP contribution in [-0.4, -0.2) is 32.0 Å². The van der Waals surface area contributed by atoms with Gasteiger partial charge in [0.2, 0.25) is 5.82 Å². The molecular formula is C19H17Cl2F2NO5S. The van der Waals surface area contributed by atoms with Gasteiger partial charge in [-0.15, -0.1) is 0 Å². The molecule has 0 aliphatic heterocycles. The first-order valence-electron chi connectivity index (χ1n) is 8.86. The Labute approximate surface area is 181 Å². The molecule has 2 aromatic rings. The van der Waals surface area contributed by atoms with E-state index in [0.29, 0.717) is 30.4 Å². The summed E-state index contributed by atoms with van der Waals surface area (Å²) in [4.78, 5) is 10.6. The molecule has 0 saturated carbocycles. The first-order valence-corrected chi connectivity index (χ1v) is 11.3. The number of carboxylic acid groups (broad SMARTS) is 1. The van der Waals surface area contributed by atoms with Crippen molar-refractivity contribution in [2.24, 2.45) is 0 Å². The van der Waals surface area contributed by atoms with Crippen LogP contribution in [0.5, 0.6) is 5.75 Å². The summed E-state index contributed by atoms with van der Waals surface area (Å²) in [6, 6.07) is 4.45. The summed E-state index contributed by atoms with van der Waals surface area (Å²) in [5, 5.41) is 11.8. The van der Waals surface area contributed by atoms with Gasteiger partial charge in [-0.2, -0.15) is 4.39 Å². The maximum Gasteiger partial charge on any atom is 0.341 e. The molecule has 0 fully saturated rings. The van der Waals surface area contributed by atoms with Crippen molar-refractivity contribution in [3.05, 3.63) is 57.1 Å². The van der Waals surface area contributed by atoms with Crippen LogP contribution < -0.4 is 10.1 Å². The highest BCUT2D eigenvalue weighted by Crippen LogP contribution is 2.38. The van der Waals surface area contributed by atoms with Crippen LogP contribution in [0.2, 0.25) is 10.0 Å². The molecule has 1 aliphatic rings. The predicted molar refractivity (Wildman–Crippen MR) is 107 cm³/mol. The first kappa shape index (κ1) is 22.7. The number of sulfone groups is 1. The summed E-state index contributed by atoms with van der Waals surface area (Å²) < 4.78 is 58.7. The van der Waals surface area contributed by atoms with Crippen molar-refractivity contribution in [2.75, 3.05) is 12.5 Å². The molecule has 2 aromatic carbocycles. The van der Waals surface area contributed by atoms with E-state index in [1.165, 1.54) is 18.2 Å². The van der Waals surface area contributed by atoms with Gasteiger partial charge in [0.05, 0.1) is 9.92 Å². The Morgan fingerprint density at radius 3 is 2.70 bits per heavy atom. The monoisotopic (exact) mass is 479 g/mol. The number of nitrogens with one attached hydrogen (secondary N) is 1. The lowest BCUT2D eigenvalue weighted by atomic mass is 9.87. The van der Waals surface area contributed by atoms with E-state index in [1.54, 1.807) is 0 Å². The summed E-state index contributed by atoms with van der Waals surface area (Å²) in [6.45, 7) is -0.827. The number of fused-ring (bicyclic) bond motifs is 1. The van der Waals surface area contributed by atoms with Crippen molar-refractivity contribution in [3.63, 3.8) is 0 Å². The third-order valence-electron chi connectivity index (χ3n) is 4.70. The van der Waals surface area contributed by atoms with Gasteiger partial charge in [-0.05, 0) is 49.1 Å². The lowest BCUT2D eigenvalue weighted by Crippen LogP contribution is -2.31. The second-order valence-corrected chi connectivity index (χ2v) is 9.54. The van der Waals surface area contributed by atoms with Crippen molar-refractivity contribution in [2.45, 2.75) is 30.2 Å². The molecule has 3 rings (SSSR count). The number of rotatable bonds is 7. The highest BCUT2D eigenvalue weighted by Gasteiger charge is 2.29. The van der Waals surface area contributed by atoms with Crippen LogP contribution in [0.3, 0.4) is 0 Å². The SMILES string of the molecule is O=C(O)COc1c(F)c(F)cc2c1CCCC2NCS(=O)(=O)c1cc(Cl)ccc1Cl. The van der Waals surface area contributed by atoms with Crippen molar-refractivity contribution < 1.29 is 31.8 Å². The Bertz CT molecular complexity index is 1090. The lowest BCUT2D eigenvalue weighted by Gasteiger charge is -2.28. The first-order chi connectivity index (χ1) is 14.1. The normalized spacial score (nSPS) is 16.2. The minimum Gasteiger partial charge on any atom is -0.479 e. The highest BCUT2D eigenvalue weighted by atomic mass is 35.5. The van der Waals surface area contributed by atoms with Gasteiger partial charge < -0.3 is 9.84 Å². The van der Waals surface area contributed by atoms with Crippen LogP contribution in [-0.2, 0) is 21.1 Å². The van der Waals surface area contributed by atoms with E-state index in [9.17, 15) is 22.0 Å². The van der Waals surface area contributed by atoms with Crippen LogP contribution in [0.25, 0.3) is 0 Å². The Kier molecular flexibility index (Phi) is 6.86. The van der Waals surface area contributed by atoms with Crippen molar-refractivity contribution >= 4 is 39.0 Å². The van der Waals surface area contributed by atoms with Gasteiger partial charge in [0.15, 0.2) is 28.0 Å². The smallest absolute Gasteiger partial charge is 0.341 e. The second-order valence-electron chi connectivity index (χ2n) is 6.73. The molecule has 11 heteroatoms. The largest absolute Gasteiger partial charge is 0.479 e. The molecule has 162 valence electrons. The number of halogens is 4. The molecule has 0 amide bonds. The van der Waals surface area contributed by atoms with Gasteiger partial charge in [0.1, 0.15) is 5.88 Å². The Hall–Kier alpha value is -1.94. The molecule has 1 atom stereocenters. The number of hydrogen-bond acceptors (Lipinski definition) is 5. The van der Waals surface area contributed by atoms with Crippen LogP contribution in [0.15, 0.2) is 29.2 Å². The number of aliphatic carboxylic acids is 1. The van der Waals surface area contributed by atoms with Gasteiger partial charge in [0.25, 0.3) is 0 Å². The summed E-state index contributed by atoms with van der Waals surface area (Å²) in [7, 11) is -3.87. The molecule has 0 saturated heterocycles. The Morgan fingerprint density at radius 2 is 2.00 bits per heavy atom. The molecule has 0 bridgehead atoms. The van der Waals surface area contributed by atoms with Gasteiger partial charge in [0, 0.05) is 16.6 Å². The third-order valence-corrected chi connectivity index (χ3v) is 6.93. The average molecular weight is 480 g/mol. The van der Waals surface area contributed by atoms with Gasteiger partial charge >= 0.3 is 5.97 Å². The van der Waals surface area contributed by atoms with Crippen LogP contribution in [0, 0.1) is 11.6 Å². The Morgan fingerprint density at radius 1 is 1.27 bits per heavy atom. The minimum atomic E-state index is -3.87. The van der Waals surface area contributed by atoms with Gasteiger partial charge in [-0.1, -0.05) is 23.2 Å². The van der Waals surface area contributed by atoms with Crippen molar-refractivity contribution in [3.8, 4) is 5.75 Å². The zero-order chi connectivity index (χ0) is 22.1. The Balaban J connectivity index is 1.88. The topological polar surface area (TPSA) is 92.7 Å². The number of carboxylic acids is 1. The van der Waals surface area contributed by atoms with E-state index in [2.05, 4.69) is 5.32 Å². The molecule has 0 heterocycles. The zero-order valence-corrected chi connectivity index (χ0v) is 17.8. The average Bonchev–Trinajstić information content (AvgIpc) is 2.68. The van der Waals surface area contributed by atoms with E-state index in [1.807, 2.05) is 0 Å². The predicted octanol–water partition coefficient (Wildman–Crippen LogP) is 4.13. The summed E-state index contributed by atoms with van der Waals surface area (Å²) in [5.41, 5.74) is 0.644. The standard InChI is InChI=1S/C19H17Cl2F2NO5S/c20-10-4-5-13(21)16(6-10)30(27,28)9-24-15-3-1-2-11-12(15)7-14(22)18(23)19(11)29-8-17(25)26/h4-7,15,24H,1-3,8-9H2,(H,25,26). The van der Waals surface area contributed by atoms with Gasteiger partial charge in [-0.25, -0.2) is 17.6 Å². The molecule has 0 radical (unpaired) electrons. The van der Waals surface area contributed by atoms with Gasteiger partial charge in [-0.3, -0.25) is 5.32 Å². The summed E-state index contributed by atoms with van der Waals surface area (Å²) >= 11 is 11.8. The van der Waals surface area contributed by atoms with E-state index in [0.717, 1.165) is 6.07 Å². The van der Waals surface area contributed by atoms with Crippen molar-refractivity contribution in [1.82, 2.24) is 5.32 Å². The molecule has 1 aliphatic carbocycles. The quantitative estimate of drug-likeness (QED) is 0.619. The molecule has 2 N–H and O–H groups in total. The fourth-order valence-corrected chi connectivity index (χ4v) is 5.32. The molecule has 0 aromatic heterocycles. The number of carbonyl (C=O) groups is 1. The molecule has 0 spiro atoms. The highest BCUT2D eigenvalue weighted by molar-refractivity contribution is 7.91. The summed E-state index contributed by atoms with van der Waals surface area (Å²) in [6.07, 6.45) is 1.35. The fourth-order valence-electron chi connectivity index (χ4n) is 3.37. The maximum absolute atomic E-state index is 14.2. The van der Waals surface area contributed by atoms with E-state index < -0.39 is 51.7 Å². The van der Waals surface area contributed by atoms with Crippen LogP contribution in [0.4, 0.5) is 8.78 Å². The number of benzene rings is 2. The molecule has 6 nitrogen and oxygen atoms in total. The van der Waals surface area contributed by atoms with Crippen molar-refractivity contribution in [1.29, 1.82) is 0 Å². The van der Waals surface area contributed by atoms with E-state index in [4.69, 9.17) is 33.0 Å². The maximum atomic E-state index is 14.2. The fraction of sp³-hybridized carbons (Fsp3) is 0.316. The second kappa shape index (κ2) is 9.05. The third kappa shape index (κ3) is 4.85.